The van der Waals surface area contributed by atoms with E-state index in [2.05, 4.69) is 24.6 Å². The van der Waals surface area contributed by atoms with Gasteiger partial charge in [-0.15, -0.1) is 0 Å². The monoisotopic (exact) mass is 249 g/mol. The van der Waals surface area contributed by atoms with Crippen molar-refractivity contribution in [2.75, 3.05) is 5.43 Å². The molecule has 0 saturated carbocycles. The van der Waals surface area contributed by atoms with E-state index >= 15 is 0 Å². The number of hydrogen-bond donors (Lipinski definition) is 3. The Morgan fingerprint density at radius 3 is 2.61 bits per heavy atom. The van der Waals surface area contributed by atoms with Crippen LogP contribution in [-0.4, -0.2) is 11.9 Å². The molecule has 4 N–H and O–H groups in total. The second-order valence-electron chi connectivity index (χ2n) is 4.81. The third-order valence-corrected chi connectivity index (χ3v) is 3.16. The molecule has 1 amide bonds. The molecule has 4 heteroatoms. The van der Waals surface area contributed by atoms with Gasteiger partial charge in [-0.1, -0.05) is 32.4 Å². The van der Waals surface area contributed by atoms with E-state index in [1.807, 2.05) is 19.1 Å². The average Bonchev–Trinajstić information content (AvgIpc) is 2.38. The first-order valence-corrected chi connectivity index (χ1v) is 6.45. The smallest absolute Gasteiger partial charge is 0.253 e. The van der Waals surface area contributed by atoms with E-state index in [-0.39, 0.29) is 11.9 Å². The third-order valence-electron chi connectivity index (χ3n) is 3.16. The maximum Gasteiger partial charge on any atom is 0.253 e. The highest BCUT2D eigenvalue weighted by Gasteiger charge is 2.14. The summed E-state index contributed by atoms with van der Waals surface area (Å²) < 4.78 is 0. The summed E-state index contributed by atoms with van der Waals surface area (Å²) >= 11 is 0. The third kappa shape index (κ3) is 4.04. The Morgan fingerprint density at radius 2 is 2.00 bits per heavy atom. The van der Waals surface area contributed by atoms with Gasteiger partial charge in [0.2, 0.25) is 0 Å². The molecule has 18 heavy (non-hydrogen) atoms. The molecule has 0 saturated heterocycles. The normalized spacial score (nSPS) is 13.8. The van der Waals surface area contributed by atoms with Crippen molar-refractivity contribution in [3.05, 3.63) is 29.8 Å². The Kier molecular flexibility index (Phi) is 5.65. The molecule has 1 rings (SSSR count). The van der Waals surface area contributed by atoms with E-state index in [9.17, 15) is 4.79 Å². The summed E-state index contributed by atoms with van der Waals surface area (Å²) in [5, 5.41) is 3.00. The van der Waals surface area contributed by atoms with Crippen molar-refractivity contribution in [2.45, 2.75) is 39.7 Å². The van der Waals surface area contributed by atoms with Gasteiger partial charge in [0.15, 0.2) is 0 Å². The summed E-state index contributed by atoms with van der Waals surface area (Å²) in [6.07, 6.45) is 2.11. The van der Waals surface area contributed by atoms with Crippen molar-refractivity contribution in [3.8, 4) is 0 Å². The number of anilines is 1. The zero-order valence-electron chi connectivity index (χ0n) is 11.4. The van der Waals surface area contributed by atoms with Crippen LogP contribution in [0, 0.1) is 5.92 Å². The standard InChI is InChI=1S/C14H23N3O/c1-4-10(2)9-11(3)16-14(18)12-7-5-6-8-13(12)17-15/h5-8,10-11,17H,4,9,15H2,1-3H3,(H,16,18). The molecule has 0 spiro atoms. The largest absolute Gasteiger partial charge is 0.350 e. The van der Waals surface area contributed by atoms with Crippen LogP contribution in [0.15, 0.2) is 24.3 Å². The number of benzene rings is 1. The minimum atomic E-state index is -0.0839. The molecule has 0 aromatic heterocycles. The quantitative estimate of drug-likeness (QED) is 0.536. The molecular formula is C14H23N3O. The Balaban J connectivity index is 2.64. The average molecular weight is 249 g/mol. The highest BCUT2D eigenvalue weighted by atomic mass is 16.1. The van der Waals surface area contributed by atoms with E-state index in [0.717, 1.165) is 12.8 Å². The van der Waals surface area contributed by atoms with E-state index in [0.29, 0.717) is 17.2 Å². The van der Waals surface area contributed by atoms with Crippen LogP contribution >= 0.6 is 0 Å². The zero-order valence-corrected chi connectivity index (χ0v) is 11.4. The molecule has 0 aliphatic rings. The molecule has 0 fully saturated rings. The second kappa shape index (κ2) is 7.01. The molecule has 100 valence electrons. The van der Waals surface area contributed by atoms with Gasteiger partial charge in [0.1, 0.15) is 0 Å². The SMILES string of the molecule is CCC(C)CC(C)NC(=O)c1ccccc1NN. The topological polar surface area (TPSA) is 67.2 Å². The van der Waals surface area contributed by atoms with Gasteiger partial charge >= 0.3 is 0 Å². The highest BCUT2D eigenvalue weighted by Crippen LogP contribution is 2.15. The van der Waals surface area contributed by atoms with Gasteiger partial charge in [0.25, 0.3) is 5.91 Å². The number of hydrogen-bond acceptors (Lipinski definition) is 3. The van der Waals surface area contributed by atoms with Crippen LogP contribution in [0.25, 0.3) is 0 Å². The van der Waals surface area contributed by atoms with Crippen LogP contribution in [0.4, 0.5) is 5.69 Å². The Labute approximate surface area is 109 Å². The molecule has 0 heterocycles. The fraction of sp³-hybridized carbons (Fsp3) is 0.500. The molecule has 2 atom stereocenters. The maximum atomic E-state index is 12.1. The van der Waals surface area contributed by atoms with Crippen molar-refractivity contribution < 1.29 is 4.79 Å². The number of nitrogens with one attached hydrogen (secondary N) is 2. The second-order valence-corrected chi connectivity index (χ2v) is 4.81. The van der Waals surface area contributed by atoms with Crippen molar-refractivity contribution in [1.82, 2.24) is 5.32 Å². The number of carbonyl (C=O) groups is 1. The lowest BCUT2D eigenvalue weighted by molar-refractivity contribution is 0.0936. The highest BCUT2D eigenvalue weighted by molar-refractivity contribution is 5.99. The molecule has 1 aromatic carbocycles. The number of hydrazine groups is 1. The first-order chi connectivity index (χ1) is 8.58. The van der Waals surface area contributed by atoms with Gasteiger partial charge in [0, 0.05) is 6.04 Å². The van der Waals surface area contributed by atoms with Crippen LogP contribution in [0.5, 0.6) is 0 Å². The first-order valence-electron chi connectivity index (χ1n) is 6.45. The first kappa shape index (κ1) is 14.5. The summed E-state index contributed by atoms with van der Waals surface area (Å²) in [4.78, 5) is 12.1. The molecule has 0 aliphatic carbocycles. The summed E-state index contributed by atoms with van der Waals surface area (Å²) in [6, 6.07) is 7.39. The van der Waals surface area contributed by atoms with Gasteiger partial charge in [0.05, 0.1) is 11.3 Å². The lowest BCUT2D eigenvalue weighted by Crippen LogP contribution is -2.34. The molecule has 1 aromatic rings. The fourth-order valence-electron chi connectivity index (χ4n) is 1.94. The summed E-state index contributed by atoms with van der Waals surface area (Å²) in [6.45, 7) is 6.38. The predicted molar refractivity (Wildman–Crippen MR) is 75.3 cm³/mol. The zero-order chi connectivity index (χ0) is 13.5. The van der Waals surface area contributed by atoms with Gasteiger partial charge in [-0.3, -0.25) is 10.6 Å². The van der Waals surface area contributed by atoms with E-state index < -0.39 is 0 Å². The lowest BCUT2D eigenvalue weighted by Gasteiger charge is -2.18. The number of nitrogens with two attached hydrogens (primary N) is 1. The number of nitrogen functional groups attached to an aromatic ring is 1. The number of para-hydroxylation sites is 1. The van der Waals surface area contributed by atoms with Crippen LogP contribution < -0.4 is 16.6 Å². The Morgan fingerprint density at radius 1 is 1.33 bits per heavy atom. The van der Waals surface area contributed by atoms with Crippen LogP contribution in [0.1, 0.15) is 44.0 Å². The van der Waals surface area contributed by atoms with Crippen molar-refractivity contribution in [2.24, 2.45) is 11.8 Å². The molecule has 4 nitrogen and oxygen atoms in total. The number of rotatable bonds is 6. The van der Waals surface area contributed by atoms with Crippen molar-refractivity contribution in [1.29, 1.82) is 0 Å². The Hall–Kier alpha value is -1.55. The molecular weight excluding hydrogens is 226 g/mol. The van der Waals surface area contributed by atoms with E-state index in [1.54, 1.807) is 12.1 Å². The lowest BCUT2D eigenvalue weighted by atomic mass is 10.00. The maximum absolute atomic E-state index is 12.1. The number of carbonyl (C=O) groups excluding carboxylic acids is 1. The molecule has 0 bridgehead atoms. The number of amides is 1. The minimum absolute atomic E-state index is 0.0839. The van der Waals surface area contributed by atoms with E-state index in [1.165, 1.54) is 0 Å². The predicted octanol–water partition coefficient (Wildman–Crippen LogP) is 2.53. The summed E-state index contributed by atoms with van der Waals surface area (Å²) in [5.41, 5.74) is 3.76. The van der Waals surface area contributed by atoms with Crippen molar-refractivity contribution in [3.63, 3.8) is 0 Å². The van der Waals surface area contributed by atoms with Gasteiger partial charge in [-0.2, -0.15) is 0 Å². The van der Waals surface area contributed by atoms with Crippen LogP contribution in [0.3, 0.4) is 0 Å². The van der Waals surface area contributed by atoms with Crippen LogP contribution in [-0.2, 0) is 0 Å². The molecule has 2 unspecified atom stereocenters. The van der Waals surface area contributed by atoms with E-state index in [4.69, 9.17) is 5.84 Å². The van der Waals surface area contributed by atoms with Gasteiger partial charge in [-0.05, 0) is 31.4 Å². The summed E-state index contributed by atoms with van der Waals surface area (Å²) in [5.74, 6) is 5.92. The minimum Gasteiger partial charge on any atom is -0.350 e. The summed E-state index contributed by atoms with van der Waals surface area (Å²) in [7, 11) is 0. The van der Waals surface area contributed by atoms with Crippen molar-refractivity contribution >= 4 is 11.6 Å². The van der Waals surface area contributed by atoms with Gasteiger partial charge < -0.3 is 10.7 Å². The fourth-order valence-corrected chi connectivity index (χ4v) is 1.94. The Bertz CT molecular complexity index is 392. The molecule has 0 radical (unpaired) electrons. The van der Waals surface area contributed by atoms with Gasteiger partial charge in [-0.25, -0.2) is 0 Å². The van der Waals surface area contributed by atoms with Crippen LogP contribution in [0.2, 0.25) is 0 Å². The molecule has 0 aliphatic heterocycles.